The molecular weight excluding hydrogens is 385 g/mol. The van der Waals surface area contributed by atoms with E-state index >= 15 is 0 Å². The van der Waals surface area contributed by atoms with E-state index < -0.39 is 50.9 Å². The summed E-state index contributed by atoms with van der Waals surface area (Å²) in [6.45, 7) is 0. The van der Waals surface area contributed by atoms with Crippen LogP contribution < -0.4 is 0 Å². The van der Waals surface area contributed by atoms with Crippen LogP contribution in [0.25, 0.3) is 0 Å². The maximum Gasteiger partial charge on any atom is 0.269 e. The standard InChI is InChI=1S/C19H10F5NO3/c20-14-13(15(21)17(23)18(24)16(14)22)19(26,10-4-2-1-3-5-10)11-6-8-12(9-7-11)25(27)28/h1-9,26H. The number of nitro groups is 1. The Hall–Kier alpha value is -3.33. The van der Waals surface area contributed by atoms with Crippen molar-refractivity contribution in [2.45, 2.75) is 5.60 Å². The van der Waals surface area contributed by atoms with E-state index in [4.69, 9.17) is 0 Å². The highest BCUT2D eigenvalue weighted by atomic mass is 19.2. The van der Waals surface area contributed by atoms with Crippen LogP contribution in [0.3, 0.4) is 0 Å². The lowest BCUT2D eigenvalue weighted by Gasteiger charge is -2.30. The summed E-state index contributed by atoms with van der Waals surface area (Å²) in [6, 6.07) is 10.6. The van der Waals surface area contributed by atoms with E-state index in [0.717, 1.165) is 24.3 Å². The third-order valence-electron chi connectivity index (χ3n) is 4.26. The molecule has 3 rings (SSSR count). The van der Waals surface area contributed by atoms with Gasteiger partial charge in [0.1, 0.15) is 5.60 Å². The fraction of sp³-hybridized carbons (Fsp3) is 0.0526. The van der Waals surface area contributed by atoms with Crippen LogP contribution in [0.2, 0.25) is 0 Å². The van der Waals surface area contributed by atoms with E-state index in [0.29, 0.717) is 0 Å². The SMILES string of the molecule is O=[N+]([O-])c1ccc(C(O)(c2ccccc2)c2c(F)c(F)c(F)c(F)c2F)cc1. The minimum atomic E-state index is -2.81. The van der Waals surface area contributed by atoms with Crippen LogP contribution in [0.4, 0.5) is 27.6 Å². The average molecular weight is 395 g/mol. The monoisotopic (exact) mass is 395 g/mol. The van der Waals surface area contributed by atoms with Crippen molar-refractivity contribution in [3.05, 3.63) is 110 Å². The van der Waals surface area contributed by atoms with Gasteiger partial charge in [-0.25, -0.2) is 22.0 Å². The Labute approximate surface area is 154 Å². The molecule has 28 heavy (non-hydrogen) atoms. The Balaban J connectivity index is 2.39. The first kappa shape index (κ1) is 19.4. The van der Waals surface area contributed by atoms with Gasteiger partial charge in [0.25, 0.3) is 5.69 Å². The van der Waals surface area contributed by atoms with E-state index in [1.54, 1.807) is 0 Å². The van der Waals surface area contributed by atoms with Crippen LogP contribution in [0.5, 0.6) is 0 Å². The van der Waals surface area contributed by atoms with Crippen LogP contribution >= 0.6 is 0 Å². The Morgan fingerprint density at radius 2 is 1.14 bits per heavy atom. The zero-order valence-electron chi connectivity index (χ0n) is 13.8. The normalized spacial score (nSPS) is 13.2. The van der Waals surface area contributed by atoms with Gasteiger partial charge >= 0.3 is 0 Å². The molecule has 0 saturated heterocycles. The van der Waals surface area contributed by atoms with Crippen LogP contribution in [-0.2, 0) is 5.60 Å². The van der Waals surface area contributed by atoms with Crippen LogP contribution in [0.1, 0.15) is 16.7 Å². The molecule has 144 valence electrons. The second kappa shape index (κ2) is 7.01. The fourth-order valence-electron chi connectivity index (χ4n) is 2.88. The zero-order chi connectivity index (χ0) is 20.6. The highest BCUT2D eigenvalue weighted by molar-refractivity contribution is 5.50. The molecular formula is C19H10F5NO3. The lowest BCUT2D eigenvalue weighted by molar-refractivity contribution is -0.384. The molecule has 0 radical (unpaired) electrons. The smallest absolute Gasteiger partial charge is 0.269 e. The number of rotatable bonds is 4. The van der Waals surface area contributed by atoms with Gasteiger partial charge in [0, 0.05) is 12.1 Å². The lowest BCUT2D eigenvalue weighted by Crippen LogP contribution is -2.32. The summed E-state index contributed by atoms with van der Waals surface area (Å²) in [5.74, 6) is -11.2. The lowest BCUT2D eigenvalue weighted by atomic mass is 9.79. The minimum Gasteiger partial charge on any atom is -0.376 e. The number of benzene rings is 3. The Bertz CT molecular complexity index is 1030. The number of nitro benzene ring substituents is 1. The minimum absolute atomic E-state index is 0.202. The van der Waals surface area contributed by atoms with Crippen molar-refractivity contribution in [1.29, 1.82) is 0 Å². The molecule has 0 saturated carbocycles. The molecule has 0 aliphatic carbocycles. The van der Waals surface area contributed by atoms with Crippen molar-refractivity contribution < 1.29 is 32.0 Å². The van der Waals surface area contributed by atoms with Crippen LogP contribution in [0, 0.1) is 39.2 Å². The van der Waals surface area contributed by atoms with Gasteiger partial charge in [-0.3, -0.25) is 10.1 Å². The highest BCUT2D eigenvalue weighted by Gasteiger charge is 2.43. The molecule has 0 aliphatic rings. The zero-order valence-corrected chi connectivity index (χ0v) is 13.8. The van der Waals surface area contributed by atoms with Gasteiger partial charge in [0.2, 0.25) is 5.82 Å². The van der Waals surface area contributed by atoms with Crippen molar-refractivity contribution in [3.63, 3.8) is 0 Å². The summed E-state index contributed by atoms with van der Waals surface area (Å²) in [4.78, 5) is 10.1. The third kappa shape index (κ3) is 2.89. The summed E-state index contributed by atoms with van der Waals surface area (Å²) in [5.41, 5.74) is -5.21. The number of nitrogens with zero attached hydrogens (tertiary/aromatic N) is 1. The van der Waals surface area contributed by atoms with Crippen LogP contribution in [0.15, 0.2) is 54.6 Å². The van der Waals surface area contributed by atoms with Crippen LogP contribution in [-0.4, -0.2) is 10.0 Å². The van der Waals surface area contributed by atoms with E-state index in [-0.39, 0.29) is 11.1 Å². The van der Waals surface area contributed by atoms with Gasteiger partial charge < -0.3 is 5.11 Å². The largest absolute Gasteiger partial charge is 0.376 e. The highest BCUT2D eigenvalue weighted by Crippen LogP contribution is 2.41. The average Bonchev–Trinajstić information content (AvgIpc) is 2.71. The number of hydrogen-bond donors (Lipinski definition) is 1. The maximum absolute atomic E-state index is 14.5. The van der Waals surface area contributed by atoms with Crippen molar-refractivity contribution in [2.75, 3.05) is 0 Å². The molecule has 0 heterocycles. The van der Waals surface area contributed by atoms with E-state index in [2.05, 4.69) is 0 Å². The van der Waals surface area contributed by atoms with Crippen molar-refractivity contribution in [3.8, 4) is 0 Å². The number of halogens is 5. The van der Waals surface area contributed by atoms with Gasteiger partial charge in [0.15, 0.2) is 23.3 Å². The van der Waals surface area contributed by atoms with Gasteiger partial charge in [-0.1, -0.05) is 30.3 Å². The maximum atomic E-state index is 14.5. The van der Waals surface area contributed by atoms with Gasteiger partial charge in [0.05, 0.1) is 10.5 Å². The number of non-ortho nitro benzene ring substituents is 1. The molecule has 1 atom stereocenters. The summed E-state index contributed by atoms with van der Waals surface area (Å²) in [5, 5.41) is 22.1. The summed E-state index contributed by atoms with van der Waals surface area (Å²) in [7, 11) is 0. The number of aliphatic hydroxyl groups is 1. The first-order chi connectivity index (χ1) is 13.2. The third-order valence-corrected chi connectivity index (χ3v) is 4.26. The van der Waals surface area contributed by atoms with Crippen molar-refractivity contribution >= 4 is 5.69 Å². The summed E-state index contributed by atoms with van der Waals surface area (Å²) in [6.07, 6.45) is 0. The molecule has 4 nitrogen and oxygen atoms in total. The molecule has 0 fully saturated rings. The molecule has 1 N–H and O–H groups in total. The quantitative estimate of drug-likeness (QED) is 0.176. The topological polar surface area (TPSA) is 63.4 Å². The van der Waals surface area contributed by atoms with E-state index in [1.165, 1.54) is 30.3 Å². The molecule has 0 aliphatic heterocycles. The second-order valence-corrected chi connectivity index (χ2v) is 5.83. The Morgan fingerprint density at radius 3 is 1.61 bits per heavy atom. The molecule has 3 aromatic carbocycles. The van der Waals surface area contributed by atoms with E-state index in [9.17, 15) is 37.2 Å². The van der Waals surface area contributed by atoms with Crippen molar-refractivity contribution in [2.24, 2.45) is 0 Å². The van der Waals surface area contributed by atoms with Gasteiger partial charge in [-0.2, -0.15) is 0 Å². The molecule has 3 aromatic rings. The first-order valence-electron chi connectivity index (χ1n) is 7.74. The van der Waals surface area contributed by atoms with Gasteiger partial charge in [-0.15, -0.1) is 0 Å². The van der Waals surface area contributed by atoms with Gasteiger partial charge in [-0.05, 0) is 23.3 Å². The van der Waals surface area contributed by atoms with E-state index in [1.807, 2.05) is 0 Å². The summed E-state index contributed by atoms with van der Waals surface area (Å²) < 4.78 is 70.0. The first-order valence-corrected chi connectivity index (χ1v) is 7.74. The fourth-order valence-corrected chi connectivity index (χ4v) is 2.88. The molecule has 9 heteroatoms. The summed E-state index contributed by atoms with van der Waals surface area (Å²) >= 11 is 0. The Morgan fingerprint density at radius 1 is 0.714 bits per heavy atom. The molecule has 0 spiro atoms. The molecule has 1 unspecified atom stereocenters. The van der Waals surface area contributed by atoms with Crippen molar-refractivity contribution in [1.82, 2.24) is 0 Å². The molecule has 0 aromatic heterocycles. The Kier molecular flexibility index (Phi) is 4.86. The molecule has 0 amide bonds. The second-order valence-electron chi connectivity index (χ2n) is 5.83. The predicted molar refractivity (Wildman–Crippen MR) is 87.9 cm³/mol. The molecule has 0 bridgehead atoms. The number of hydrogen-bond acceptors (Lipinski definition) is 3. The predicted octanol–water partition coefficient (Wildman–Crippen LogP) is 4.57.